The van der Waals surface area contributed by atoms with Crippen molar-refractivity contribution in [3.8, 4) is 0 Å². The number of hydrogen-bond donors (Lipinski definition) is 4. The largest absolute Gasteiger partial charge is 0.346 e. The summed E-state index contributed by atoms with van der Waals surface area (Å²) in [7, 11) is 0. The van der Waals surface area contributed by atoms with E-state index in [1.54, 1.807) is 24.3 Å². The second kappa shape index (κ2) is 9.78. The van der Waals surface area contributed by atoms with E-state index in [1.165, 1.54) is 0 Å². The highest BCUT2D eigenvalue weighted by Crippen LogP contribution is 2.14. The molecular formula is C18H28N4O3. The third-order valence-corrected chi connectivity index (χ3v) is 3.49. The number of nitrogens with one attached hydrogen (secondary N) is 3. The van der Waals surface area contributed by atoms with Crippen molar-refractivity contribution in [1.29, 1.82) is 0 Å². The van der Waals surface area contributed by atoms with Gasteiger partial charge in [0.15, 0.2) is 0 Å². The Balaban J connectivity index is 2.45. The minimum absolute atomic E-state index is 0.00140. The first-order valence-corrected chi connectivity index (χ1v) is 8.42. The summed E-state index contributed by atoms with van der Waals surface area (Å²) in [5, 5.41) is 7.97. The number of rotatable bonds is 8. The second-order valence-electron chi connectivity index (χ2n) is 6.76. The van der Waals surface area contributed by atoms with E-state index in [0.717, 1.165) is 0 Å². The van der Waals surface area contributed by atoms with Gasteiger partial charge >= 0.3 is 0 Å². The van der Waals surface area contributed by atoms with Crippen molar-refractivity contribution in [2.45, 2.75) is 40.2 Å². The van der Waals surface area contributed by atoms with Crippen LogP contribution in [0.25, 0.3) is 0 Å². The summed E-state index contributed by atoms with van der Waals surface area (Å²) in [6, 6.07) is 6.15. The molecule has 1 rings (SSSR count). The van der Waals surface area contributed by atoms with Gasteiger partial charge in [-0.2, -0.15) is 0 Å². The van der Waals surface area contributed by atoms with Crippen molar-refractivity contribution in [2.75, 3.05) is 17.2 Å². The molecule has 0 aliphatic rings. The molecule has 0 aromatic heterocycles. The summed E-state index contributed by atoms with van der Waals surface area (Å²) < 4.78 is 0. The molecule has 0 saturated carbocycles. The predicted molar refractivity (Wildman–Crippen MR) is 99.0 cm³/mol. The molecule has 0 unspecified atom stereocenters. The van der Waals surface area contributed by atoms with E-state index in [4.69, 9.17) is 5.73 Å². The van der Waals surface area contributed by atoms with E-state index >= 15 is 0 Å². The third kappa shape index (κ3) is 7.80. The summed E-state index contributed by atoms with van der Waals surface area (Å²) >= 11 is 0. The Morgan fingerprint density at radius 1 is 0.920 bits per heavy atom. The van der Waals surface area contributed by atoms with Crippen LogP contribution in [0.15, 0.2) is 24.3 Å². The van der Waals surface area contributed by atoms with E-state index in [0.29, 0.717) is 17.8 Å². The van der Waals surface area contributed by atoms with Gasteiger partial charge in [-0.1, -0.05) is 27.7 Å². The van der Waals surface area contributed by atoms with Crippen LogP contribution in [0.1, 0.15) is 34.1 Å². The molecule has 5 N–H and O–H groups in total. The van der Waals surface area contributed by atoms with Gasteiger partial charge in [-0.15, -0.1) is 0 Å². The number of amides is 3. The lowest BCUT2D eigenvalue weighted by molar-refractivity contribution is -0.125. The van der Waals surface area contributed by atoms with Crippen LogP contribution in [0.3, 0.4) is 0 Å². The van der Waals surface area contributed by atoms with Crippen LogP contribution in [0.4, 0.5) is 11.4 Å². The van der Waals surface area contributed by atoms with Crippen molar-refractivity contribution < 1.29 is 14.4 Å². The van der Waals surface area contributed by atoms with Gasteiger partial charge in [0.05, 0.1) is 12.6 Å². The van der Waals surface area contributed by atoms with E-state index in [2.05, 4.69) is 16.0 Å². The average molecular weight is 348 g/mol. The molecule has 138 valence electrons. The van der Waals surface area contributed by atoms with Crippen molar-refractivity contribution in [2.24, 2.45) is 17.6 Å². The number of benzene rings is 1. The molecule has 7 nitrogen and oxygen atoms in total. The summed E-state index contributed by atoms with van der Waals surface area (Å²) in [6.45, 7) is 7.49. The van der Waals surface area contributed by atoms with Crippen molar-refractivity contribution in [3.05, 3.63) is 24.3 Å². The van der Waals surface area contributed by atoms with Gasteiger partial charge in [0.1, 0.15) is 0 Å². The molecule has 0 aliphatic carbocycles. The first-order chi connectivity index (χ1) is 11.7. The molecule has 3 amide bonds. The lowest BCUT2D eigenvalue weighted by Crippen LogP contribution is -2.46. The van der Waals surface area contributed by atoms with Crippen molar-refractivity contribution >= 4 is 29.1 Å². The smallest absolute Gasteiger partial charge is 0.243 e. The Morgan fingerprint density at radius 3 is 1.84 bits per heavy atom. The average Bonchev–Trinajstić information content (AvgIpc) is 2.52. The first-order valence-electron chi connectivity index (χ1n) is 8.42. The zero-order valence-corrected chi connectivity index (χ0v) is 15.3. The molecule has 0 heterocycles. The Hall–Kier alpha value is -2.41. The molecule has 1 aromatic carbocycles. The molecule has 0 bridgehead atoms. The molecule has 0 aliphatic heterocycles. The number of carbonyl (C=O) groups is 3. The molecule has 0 spiro atoms. The highest BCUT2D eigenvalue weighted by Gasteiger charge is 2.17. The molecule has 7 heteroatoms. The van der Waals surface area contributed by atoms with E-state index in [1.807, 2.05) is 27.7 Å². The second-order valence-corrected chi connectivity index (χ2v) is 6.76. The normalized spacial score (nSPS) is 12.0. The molecule has 1 aromatic rings. The number of nitrogens with two attached hydrogens (primary N) is 1. The van der Waals surface area contributed by atoms with Gasteiger partial charge in [0.25, 0.3) is 0 Å². The van der Waals surface area contributed by atoms with Crippen LogP contribution in [0, 0.1) is 11.8 Å². The maximum atomic E-state index is 11.9. The Labute approximate surface area is 148 Å². The fraction of sp³-hybridized carbons (Fsp3) is 0.500. The predicted octanol–water partition coefficient (Wildman–Crippen LogP) is 1.71. The Morgan fingerprint density at radius 2 is 1.40 bits per heavy atom. The maximum absolute atomic E-state index is 11.9. The minimum Gasteiger partial charge on any atom is -0.346 e. The number of hydrogen-bond acceptors (Lipinski definition) is 4. The molecule has 0 fully saturated rings. The zero-order valence-electron chi connectivity index (χ0n) is 15.3. The third-order valence-electron chi connectivity index (χ3n) is 3.49. The Kier molecular flexibility index (Phi) is 8.07. The number of carbonyl (C=O) groups excluding carboxylic acids is 3. The molecule has 25 heavy (non-hydrogen) atoms. The van der Waals surface area contributed by atoms with E-state index in [9.17, 15) is 14.4 Å². The lowest BCUT2D eigenvalue weighted by atomic mass is 10.1. The Bertz CT molecular complexity index is 597. The molecule has 0 radical (unpaired) electrons. The van der Waals surface area contributed by atoms with Crippen LogP contribution in [0.2, 0.25) is 0 Å². The van der Waals surface area contributed by atoms with Crippen LogP contribution < -0.4 is 21.7 Å². The SMILES string of the molecule is CC(C)CC(=O)Nc1ccc(NC(=O)CNC(=O)[C@@H](N)C(C)C)cc1. The van der Waals surface area contributed by atoms with Crippen molar-refractivity contribution in [3.63, 3.8) is 0 Å². The van der Waals surface area contributed by atoms with E-state index in [-0.39, 0.29) is 36.1 Å². The maximum Gasteiger partial charge on any atom is 0.243 e. The molecule has 0 saturated heterocycles. The van der Waals surface area contributed by atoms with Gasteiger partial charge in [-0.05, 0) is 36.1 Å². The van der Waals surface area contributed by atoms with Crippen LogP contribution in [0.5, 0.6) is 0 Å². The van der Waals surface area contributed by atoms with E-state index < -0.39 is 6.04 Å². The molecule has 1 atom stereocenters. The summed E-state index contributed by atoms with van der Waals surface area (Å²) in [6.07, 6.45) is 0.455. The van der Waals surface area contributed by atoms with Gasteiger partial charge in [0, 0.05) is 17.8 Å². The monoisotopic (exact) mass is 348 g/mol. The minimum atomic E-state index is -0.637. The number of anilines is 2. The van der Waals surface area contributed by atoms with Gasteiger partial charge in [-0.25, -0.2) is 0 Å². The topological polar surface area (TPSA) is 113 Å². The van der Waals surface area contributed by atoms with Crippen LogP contribution in [-0.4, -0.2) is 30.3 Å². The summed E-state index contributed by atoms with van der Waals surface area (Å²) in [5.41, 5.74) is 6.95. The lowest BCUT2D eigenvalue weighted by Gasteiger charge is -2.15. The van der Waals surface area contributed by atoms with Crippen LogP contribution >= 0.6 is 0 Å². The summed E-state index contributed by atoms with van der Waals surface area (Å²) in [4.78, 5) is 35.3. The van der Waals surface area contributed by atoms with Gasteiger partial charge in [0.2, 0.25) is 17.7 Å². The van der Waals surface area contributed by atoms with Gasteiger partial charge in [-0.3, -0.25) is 14.4 Å². The first kappa shape index (κ1) is 20.6. The zero-order chi connectivity index (χ0) is 19.0. The summed E-state index contributed by atoms with van der Waals surface area (Å²) in [5.74, 6) is -0.454. The standard InChI is InChI=1S/C18H28N4O3/c1-11(2)9-15(23)21-13-5-7-14(8-6-13)22-16(24)10-20-18(25)17(19)12(3)4/h5-8,11-12,17H,9-10,19H2,1-4H3,(H,20,25)(H,21,23)(H,22,24)/t17-/m0/s1. The van der Waals surface area contributed by atoms with Crippen LogP contribution in [-0.2, 0) is 14.4 Å². The fourth-order valence-corrected chi connectivity index (χ4v) is 2.01. The fourth-order valence-electron chi connectivity index (χ4n) is 2.01. The highest BCUT2D eigenvalue weighted by atomic mass is 16.2. The van der Waals surface area contributed by atoms with Gasteiger partial charge < -0.3 is 21.7 Å². The molecular weight excluding hydrogens is 320 g/mol. The quantitative estimate of drug-likeness (QED) is 0.573. The van der Waals surface area contributed by atoms with Crippen molar-refractivity contribution in [1.82, 2.24) is 5.32 Å². The highest BCUT2D eigenvalue weighted by molar-refractivity contribution is 5.96.